The van der Waals surface area contributed by atoms with Crippen molar-refractivity contribution in [3.8, 4) is 11.1 Å². The number of rotatable bonds is 4. The minimum Gasteiger partial charge on any atom is -0.370 e. The number of nitrogens with zero attached hydrogens (tertiary/aromatic N) is 2. The summed E-state index contributed by atoms with van der Waals surface area (Å²) >= 11 is 7.16. The predicted molar refractivity (Wildman–Crippen MR) is 129 cm³/mol. The van der Waals surface area contributed by atoms with Crippen molar-refractivity contribution in [3.63, 3.8) is 0 Å². The molecular weight excluding hydrogens is 408 g/mol. The summed E-state index contributed by atoms with van der Waals surface area (Å²) in [6.45, 7) is 13.5. The lowest BCUT2D eigenvalue weighted by molar-refractivity contribution is -0.138. The van der Waals surface area contributed by atoms with Crippen LogP contribution in [-0.4, -0.2) is 29.5 Å². The topological polar surface area (TPSA) is 34.5 Å². The number of Topliss-reactive ketones (excluding diaryl/α,β-unsaturated/α-hetero) is 1. The van der Waals surface area contributed by atoms with Crippen LogP contribution in [-0.2, 0) is 16.1 Å². The highest BCUT2D eigenvalue weighted by Crippen LogP contribution is 2.50. The highest BCUT2D eigenvalue weighted by Gasteiger charge is 2.34. The fraction of sp³-hybridized carbons (Fsp3) is 0.423. The van der Waals surface area contributed by atoms with Gasteiger partial charge in [-0.05, 0) is 58.7 Å². The third kappa shape index (κ3) is 3.77. The summed E-state index contributed by atoms with van der Waals surface area (Å²) in [6, 6.07) is 10.6. The van der Waals surface area contributed by atoms with Crippen LogP contribution in [0.25, 0.3) is 22.0 Å². The zero-order chi connectivity index (χ0) is 22.7. The molecule has 0 spiro atoms. The summed E-state index contributed by atoms with van der Waals surface area (Å²) in [5, 5.41) is 1.72. The summed E-state index contributed by atoms with van der Waals surface area (Å²) in [7, 11) is 2.06. The van der Waals surface area contributed by atoms with E-state index in [4.69, 9.17) is 16.3 Å². The van der Waals surface area contributed by atoms with Gasteiger partial charge in [0.05, 0.1) is 21.8 Å². The molecule has 0 aliphatic carbocycles. The molecule has 0 N–H and O–H groups in total. The smallest absolute Gasteiger partial charge is 0.163 e. The Morgan fingerprint density at radius 1 is 1.13 bits per heavy atom. The molecule has 0 unspecified atom stereocenters. The number of hydrogen-bond acceptors (Lipinski definition) is 3. The maximum Gasteiger partial charge on any atom is 0.163 e. The minimum absolute atomic E-state index is 0.0497. The van der Waals surface area contributed by atoms with Crippen LogP contribution in [0.15, 0.2) is 30.3 Å². The van der Waals surface area contributed by atoms with E-state index in [-0.39, 0.29) is 5.78 Å². The first kappa shape index (κ1) is 21.9. The standard InChI is InChI=1S/C26H31ClN2O2/c1-15-8-10-18(11-9-15)20-19-14-16(2)29-13-12-28(7)24(23(19)29)22(27)21(20)25(17(3)30)31-26(4,5)6/h8-11,14,25H,12-13H2,1-7H3/t25-/m1/s1. The van der Waals surface area contributed by atoms with Crippen LogP contribution in [0.5, 0.6) is 0 Å². The lowest BCUT2D eigenvalue weighted by Gasteiger charge is -2.33. The molecule has 1 aromatic heterocycles. The number of benzene rings is 2. The van der Waals surface area contributed by atoms with Crippen molar-refractivity contribution in [2.45, 2.75) is 59.8 Å². The molecule has 0 saturated heterocycles. The number of ether oxygens (including phenoxy) is 1. The average molecular weight is 439 g/mol. The van der Waals surface area contributed by atoms with Crippen LogP contribution in [0.2, 0.25) is 5.02 Å². The first-order chi connectivity index (χ1) is 14.5. The van der Waals surface area contributed by atoms with Gasteiger partial charge < -0.3 is 14.2 Å². The van der Waals surface area contributed by atoms with Crippen molar-refractivity contribution >= 4 is 34.0 Å². The molecule has 2 heterocycles. The molecule has 2 aromatic carbocycles. The fourth-order valence-electron chi connectivity index (χ4n) is 4.58. The van der Waals surface area contributed by atoms with Gasteiger partial charge in [0, 0.05) is 36.8 Å². The quantitative estimate of drug-likeness (QED) is 0.468. The fourth-order valence-corrected chi connectivity index (χ4v) is 5.01. The molecule has 31 heavy (non-hydrogen) atoms. The molecule has 1 aliphatic heterocycles. The van der Waals surface area contributed by atoms with Gasteiger partial charge in [0.2, 0.25) is 0 Å². The second-order valence-corrected chi connectivity index (χ2v) is 10.0. The number of aryl methyl sites for hydroxylation is 2. The Hall–Kier alpha value is -2.30. The summed E-state index contributed by atoms with van der Waals surface area (Å²) in [5.74, 6) is -0.0497. The summed E-state index contributed by atoms with van der Waals surface area (Å²) in [6.07, 6.45) is -0.747. The number of halogens is 1. The molecular formula is C26H31ClN2O2. The zero-order valence-electron chi connectivity index (χ0n) is 19.5. The third-order valence-electron chi connectivity index (χ3n) is 6.00. The summed E-state index contributed by atoms with van der Waals surface area (Å²) in [5.41, 5.74) is 6.80. The molecule has 0 radical (unpaired) electrons. The monoisotopic (exact) mass is 438 g/mol. The molecule has 1 atom stereocenters. The lowest BCUT2D eigenvalue weighted by atomic mass is 9.89. The van der Waals surface area contributed by atoms with Gasteiger partial charge in [0.25, 0.3) is 0 Å². The van der Waals surface area contributed by atoms with Gasteiger partial charge in [-0.15, -0.1) is 0 Å². The van der Waals surface area contributed by atoms with E-state index in [1.54, 1.807) is 6.92 Å². The van der Waals surface area contributed by atoms with E-state index in [0.717, 1.165) is 46.4 Å². The Kier molecular flexibility index (Phi) is 5.43. The summed E-state index contributed by atoms with van der Waals surface area (Å²) < 4.78 is 8.67. The van der Waals surface area contributed by atoms with Crippen molar-refractivity contribution in [2.24, 2.45) is 0 Å². The first-order valence-corrected chi connectivity index (χ1v) is 11.2. The number of likely N-dealkylation sites (N-methyl/N-ethyl adjacent to an activating group) is 1. The molecule has 0 amide bonds. The Morgan fingerprint density at radius 3 is 2.35 bits per heavy atom. The number of anilines is 1. The predicted octanol–water partition coefficient (Wildman–Crippen LogP) is 6.47. The van der Waals surface area contributed by atoms with Crippen molar-refractivity contribution < 1.29 is 9.53 Å². The van der Waals surface area contributed by atoms with Gasteiger partial charge in [-0.1, -0.05) is 41.4 Å². The van der Waals surface area contributed by atoms with Gasteiger partial charge in [0.15, 0.2) is 5.78 Å². The highest BCUT2D eigenvalue weighted by atomic mass is 35.5. The van der Waals surface area contributed by atoms with E-state index < -0.39 is 11.7 Å². The third-order valence-corrected chi connectivity index (χ3v) is 6.38. The van der Waals surface area contributed by atoms with Gasteiger partial charge >= 0.3 is 0 Å². The van der Waals surface area contributed by atoms with Crippen LogP contribution in [0.1, 0.15) is 50.6 Å². The van der Waals surface area contributed by atoms with Gasteiger partial charge in [-0.2, -0.15) is 0 Å². The number of ketones is 1. The number of carbonyl (C=O) groups excluding carboxylic acids is 1. The molecule has 1 aliphatic rings. The minimum atomic E-state index is -0.747. The van der Waals surface area contributed by atoms with E-state index in [1.165, 1.54) is 11.3 Å². The Bertz CT molecular complexity index is 1170. The van der Waals surface area contributed by atoms with Crippen molar-refractivity contribution in [3.05, 3.63) is 52.2 Å². The first-order valence-electron chi connectivity index (χ1n) is 10.8. The Balaban J connectivity index is 2.16. The van der Waals surface area contributed by atoms with E-state index in [0.29, 0.717) is 5.02 Å². The molecule has 5 heteroatoms. The van der Waals surface area contributed by atoms with Gasteiger partial charge in [-0.25, -0.2) is 0 Å². The molecule has 4 rings (SSSR count). The zero-order valence-corrected chi connectivity index (χ0v) is 20.2. The van der Waals surface area contributed by atoms with E-state index >= 15 is 0 Å². The van der Waals surface area contributed by atoms with Crippen molar-refractivity contribution in [2.75, 3.05) is 18.5 Å². The Labute approximate surface area is 189 Å². The van der Waals surface area contributed by atoms with Crippen LogP contribution in [0.3, 0.4) is 0 Å². The molecule has 164 valence electrons. The number of aromatic nitrogens is 1. The van der Waals surface area contributed by atoms with Crippen molar-refractivity contribution in [1.29, 1.82) is 0 Å². The number of hydrogen-bond donors (Lipinski definition) is 0. The average Bonchev–Trinajstić information content (AvgIpc) is 3.00. The van der Waals surface area contributed by atoms with Crippen LogP contribution >= 0.6 is 11.6 Å². The van der Waals surface area contributed by atoms with E-state index in [2.05, 4.69) is 60.7 Å². The van der Waals surface area contributed by atoms with Gasteiger partial charge in [-0.3, -0.25) is 4.79 Å². The summed E-state index contributed by atoms with van der Waals surface area (Å²) in [4.78, 5) is 15.1. The molecule has 3 aromatic rings. The van der Waals surface area contributed by atoms with Crippen LogP contribution in [0, 0.1) is 13.8 Å². The maximum absolute atomic E-state index is 12.9. The normalized spacial score (nSPS) is 14.9. The number of carbonyl (C=O) groups is 1. The van der Waals surface area contributed by atoms with E-state index in [1.807, 2.05) is 20.8 Å². The highest BCUT2D eigenvalue weighted by molar-refractivity contribution is 6.37. The second-order valence-electron chi connectivity index (χ2n) is 9.66. The molecule has 4 nitrogen and oxygen atoms in total. The molecule has 0 saturated carbocycles. The molecule has 0 bridgehead atoms. The van der Waals surface area contributed by atoms with E-state index in [9.17, 15) is 4.79 Å². The van der Waals surface area contributed by atoms with Crippen LogP contribution < -0.4 is 4.90 Å². The SMILES string of the molecule is CC(=O)[C@@H](OC(C)(C)C)c1c(Cl)c2c3c(cc(C)n3CCN2C)c1-c1ccc(C)cc1. The lowest BCUT2D eigenvalue weighted by Crippen LogP contribution is -2.30. The van der Waals surface area contributed by atoms with Gasteiger partial charge in [0.1, 0.15) is 6.10 Å². The Morgan fingerprint density at radius 2 is 1.77 bits per heavy atom. The maximum atomic E-state index is 12.9. The molecule has 0 fully saturated rings. The van der Waals surface area contributed by atoms with Crippen molar-refractivity contribution in [1.82, 2.24) is 4.57 Å². The largest absolute Gasteiger partial charge is 0.370 e. The second kappa shape index (κ2) is 7.68. The van der Waals surface area contributed by atoms with Crippen LogP contribution in [0.4, 0.5) is 5.69 Å².